The van der Waals surface area contributed by atoms with E-state index in [2.05, 4.69) is 26.1 Å². The molecule has 0 aliphatic carbocycles. The third kappa shape index (κ3) is 3.34. The van der Waals surface area contributed by atoms with E-state index in [0.717, 1.165) is 14.4 Å². The monoisotopic (exact) mass is 431 g/mol. The van der Waals surface area contributed by atoms with E-state index in [1.54, 1.807) is 36.0 Å². The SMILES string of the molecule is Cc1ccc(C#N)cc1S(=O)(=O)N(C)N=Cc1cnn2ccc(Br)cc12. The zero-order chi connectivity index (χ0) is 18.9. The fourth-order valence-corrected chi connectivity index (χ4v) is 3.91. The van der Waals surface area contributed by atoms with E-state index in [9.17, 15) is 8.42 Å². The normalized spacial score (nSPS) is 11.8. The van der Waals surface area contributed by atoms with Crippen molar-refractivity contribution in [3.05, 3.63) is 63.9 Å². The van der Waals surface area contributed by atoms with Gasteiger partial charge in [-0.1, -0.05) is 22.0 Å². The molecule has 0 unspecified atom stereocenters. The largest absolute Gasteiger partial charge is 0.279 e. The molecule has 0 fully saturated rings. The van der Waals surface area contributed by atoms with Crippen molar-refractivity contribution in [3.8, 4) is 6.07 Å². The van der Waals surface area contributed by atoms with Crippen LogP contribution in [-0.2, 0) is 10.0 Å². The number of rotatable bonds is 4. The van der Waals surface area contributed by atoms with E-state index in [-0.39, 0.29) is 10.5 Å². The standard InChI is InChI=1S/C17H14BrN5O2S/c1-12-3-4-13(9-19)7-17(12)26(24,25)22(2)20-10-14-11-21-23-6-5-15(18)8-16(14)23/h3-8,10-11H,1-2H3. The maximum Gasteiger partial charge on any atom is 0.279 e. The van der Waals surface area contributed by atoms with Crippen LogP contribution in [0.2, 0.25) is 0 Å². The summed E-state index contributed by atoms with van der Waals surface area (Å²) in [6, 6.07) is 10.2. The number of nitrogens with zero attached hydrogens (tertiary/aromatic N) is 5. The van der Waals surface area contributed by atoms with Crippen molar-refractivity contribution in [1.82, 2.24) is 14.0 Å². The average Bonchev–Trinajstić information content (AvgIpc) is 3.02. The van der Waals surface area contributed by atoms with Gasteiger partial charge in [-0.2, -0.15) is 28.3 Å². The molecule has 3 aromatic rings. The van der Waals surface area contributed by atoms with Crippen LogP contribution in [0.4, 0.5) is 0 Å². The van der Waals surface area contributed by atoms with Gasteiger partial charge in [-0.25, -0.2) is 4.52 Å². The van der Waals surface area contributed by atoms with E-state index < -0.39 is 10.0 Å². The van der Waals surface area contributed by atoms with Crippen molar-refractivity contribution in [3.63, 3.8) is 0 Å². The molecule has 9 heteroatoms. The van der Waals surface area contributed by atoms with Crippen molar-refractivity contribution in [1.29, 1.82) is 5.26 Å². The Hall–Kier alpha value is -2.70. The fraction of sp³-hybridized carbons (Fsp3) is 0.118. The quantitative estimate of drug-likeness (QED) is 0.468. The van der Waals surface area contributed by atoms with Crippen LogP contribution < -0.4 is 0 Å². The molecular weight excluding hydrogens is 418 g/mol. The molecule has 7 nitrogen and oxygen atoms in total. The molecule has 0 saturated carbocycles. The van der Waals surface area contributed by atoms with Crippen molar-refractivity contribution < 1.29 is 8.42 Å². The molecule has 2 aromatic heterocycles. The van der Waals surface area contributed by atoms with Gasteiger partial charge in [-0.15, -0.1) is 0 Å². The summed E-state index contributed by atoms with van der Waals surface area (Å²) in [5, 5.41) is 17.3. The number of aryl methyl sites for hydroxylation is 1. The summed E-state index contributed by atoms with van der Waals surface area (Å²) in [6.45, 7) is 1.67. The van der Waals surface area contributed by atoms with Crippen LogP contribution in [0.3, 0.4) is 0 Å². The number of fused-ring (bicyclic) bond motifs is 1. The number of aromatic nitrogens is 2. The van der Waals surface area contributed by atoms with Gasteiger partial charge in [0.05, 0.1) is 34.5 Å². The summed E-state index contributed by atoms with van der Waals surface area (Å²) < 4.78 is 29.0. The Morgan fingerprint density at radius 2 is 2.12 bits per heavy atom. The average molecular weight is 432 g/mol. The Morgan fingerprint density at radius 1 is 1.35 bits per heavy atom. The summed E-state index contributed by atoms with van der Waals surface area (Å²) in [5.41, 5.74) is 2.29. The summed E-state index contributed by atoms with van der Waals surface area (Å²) in [6.07, 6.45) is 4.83. The van der Waals surface area contributed by atoms with Crippen molar-refractivity contribution in [2.24, 2.45) is 5.10 Å². The predicted molar refractivity (Wildman–Crippen MR) is 101 cm³/mol. The van der Waals surface area contributed by atoms with Gasteiger partial charge >= 0.3 is 0 Å². The summed E-state index contributed by atoms with van der Waals surface area (Å²) in [4.78, 5) is 0.0545. The zero-order valence-corrected chi connectivity index (χ0v) is 16.4. The lowest BCUT2D eigenvalue weighted by Crippen LogP contribution is -2.22. The Balaban J connectivity index is 1.96. The molecule has 132 valence electrons. The van der Waals surface area contributed by atoms with Crippen LogP contribution in [0.5, 0.6) is 0 Å². The molecule has 0 amide bonds. The van der Waals surface area contributed by atoms with Crippen LogP contribution in [0.1, 0.15) is 16.7 Å². The highest BCUT2D eigenvalue weighted by atomic mass is 79.9. The number of hydrogen-bond donors (Lipinski definition) is 0. The molecule has 0 radical (unpaired) electrons. The Kier molecular flexibility index (Phi) is 4.80. The highest BCUT2D eigenvalue weighted by Crippen LogP contribution is 2.21. The molecule has 0 aliphatic heterocycles. The number of hydrogen-bond acceptors (Lipinski definition) is 5. The zero-order valence-electron chi connectivity index (χ0n) is 14.0. The van der Waals surface area contributed by atoms with Gasteiger partial charge in [0.15, 0.2) is 0 Å². The molecule has 0 atom stereocenters. The van der Waals surface area contributed by atoms with E-state index >= 15 is 0 Å². The van der Waals surface area contributed by atoms with Gasteiger partial charge in [0.1, 0.15) is 0 Å². The molecule has 0 saturated heterocycles. The van der Waals surface area contributed by atoms with Crippen molar-refractivity contribution in [2.45, 2.75) is 11.8 Å². The van der Waals surface area contributed by atoms with E-state index in [1.807, 2.05) is 18.2 Å². The lowest BCUT2D eigenvalue weighted by molar-refractivity contribution is 0.490. The molecule has 0 bridgehead atoms. The first-order valence-corrected chi connectivity index (χ1v) is 9.73. The first-order chi connectivity index (χ1) is 12.3. The maximum atomic E-state index is 12.8. The number of hydrazone groups is 1. The highest BCUT2D eigenvalue weighted by Gasteiger charge is 2.22. The molecule has 0 N–H and O–H groups in total. The van der Waals surface area contributed by atoms with Crippen LogP contribution >= 0.6 is 15.9 Å². The molecule has 26 heavy (non-hydrogen) atoms. The van der Waals surface area contributed by atoms with Crippen LogP contribution in [-0.4, -0.2) is 35.7 Å². The second-order valence-electron chi connectivity index (χ2n) is 5.55. The molecule has 2 heterocycles. The van der Waals surface area contributed by atoms with Gasteiger partial charge in [0, 0.05) is 23.3 Å². The van der Waals surface area contributed by atoms with Gasteiger partial charge in [0.25, 0.3) is 10.0 Å². The van der Waals surface area contributed by atoms with Gasteiger partial charge in [-0.05, 0) is 36.8 Å². The minimum absolute atomic E-state index is 0.0545. The number of pyridine rings is 1. The second kappa shape index (κ2) is 6.90. The maximum absolute atomic E-state index is 12.8. The molecule has 0 spiro atoms. The topological polar surface area (TPSA) is 90.8 Å². The molecule has 0 aliphatic rings. The Labute approximate surface area is 159 Å². The number of nitriles is 1. The number of halogens is 1. The van der Waals surface area contributed by atoms with Crippen LogP contribution in [0, 0.1) is 18.3 Å². The van der Waals surface area contributed by atoms with E-state index in [0.29, 0.717) is 11.1 Å². The first kappa shape index (κ1) is 18.1. The lowest BCUT2D eigenvalue weighted by Gasteiger charge is -2.15. The van der Waals surface area contributed by atoms with E-state index in [1.165, 1.54) is 19.3 Å². The summed E-state index contributed by atoms with van der Waals surface area (Å²) in [7, 11) is -2.52. The fourth-order valence-electron chi connectivity index (χ4n) is 2.37. The van der Waals surface area contributed by atoms with Gasteiger partial charge in [-0.3, -0.25) is 0 Å². The van der Waals surface area contributed by atoms with Crippen LogP contribution in [0.25, 0.3) is 5.52 Å². The first-order valence-electron chi connectivity index (χ1n) is 7.49. The van der Waals surface area contributed by atoms with Crippen LogP contribution in [0.15, 0.2) is 57.2 Å². The lowest BCUT2D eigenvalue weighted by atomic mass is 10.2. The summed E-state index contributed by atoms with van der Waals surface area (Å²) in [5.74, 6) is 0. The Bertz CT molecular complexity index is 1160. The predicted octanol–water partition coefficient (Wildman–Crippen LogP) is 2.93. The van der Waals surface area contributed by atoms with Crippen molar-refractivity contribution in [2.75, 3.05) is 7.05 Å². The second-order valence-corrected chi connectivity index (χ2v) is 8.38. The smallest absolute Gasteiger partial charge is 0.240 e. The number of benzene rings is 1. The van der Waals surface area contributed by atoms with Gasteiger partial charge < -0.3 is 0 Å². The number of sulfonamides is 1. The molecule has 1 aromatic carbocycles. The van der Waals surface area contributed by atoms with Crippen molar-refractivity contribution >= 4 is 37.7 Å². The highest BCUT2D eigenvalue weighted by molar-refractivity contribution is 9.10. The third-order valence-electron chi connectivity index (χ3n) is 3.82. The minimum Gasteiger partial charge on any atom is -0.240 e. The summed E-state index contributed by atoms with van der Waals surface area (Å²) >= 11 is 3.40. The minimum atomic E-state index is -3.87. The van der Waals surface area contributed by atoms with E-state index in [4.69, 9.17) is 5.26 Å². The van der Waals surface area contributed by atoms with Gasteiger partial charge in [0.2, 0.25) is 0 Å². The molecular formula is C17H14BrN5O2S. The molecule has 3 rings (SSSR count). The Morgan fingerprint density at radius 3 is 2.85 bits per heavy atom. The third-order valence-corrected chi connectivity index (χ3v) is 6.09.